The van der Waals surface area contributed by atoms with Crippen LogP contribution in [-0.4, -0.2) is 28.0 Å². The van der Waals surface area contributed by atoms with Crippen LogP contribution >= 0.6 is 27.5 Å². The van der Waals surface area contributed by atoms with Crippen LogP contribution in [0.15, 0.2) is 22.7 Å². The molecule has 0 fully saturated rings. The first-order valence-corrected chi connectivity index (χ1v) is 9.19. The molecule has 0 spiro atoms. The normalized spacial score (nSPS) is 10.7. The van der Waals surface area contributed by atoms with Crippen molar-refractivity contribution in [1.29, 1.82) is 0 Å². The summed E-state index contributed by atoms with van der Waals surface area (Å²) in [6, 6.07) is 3.91. The number of amides is 2. The lowest BCUT2D eigenvalue weighted by Gasteiger charge is -2.09. The average molecular weight is 446 g/mol. The van der Waals surface area contributed by atoms with Gasteiger partial charge in [-0.25, -0.2) is 14.0 Å². The Labute approximate surface area is 161 Å². The van der Waals surface area contributed by atoms with Gasteiger partial charge in [-0.05, 0) is 29.6 Å². The molecule has 0 saturated carbocycles. The number of carboxylic acids is 1. The van der Waals surface area contributed by atoms with E-state index in [1.54, 1.807) is 6.07 Å². The topological polar surface area (TPSA) is 101 Å². The molecule has 3 N–H and O–H groups in total. The van der Waals surface area contributed by atoms with Gasteiger partial charge in [-0.3, -0.25) is 5.32 Å². The Kier molecular flexibility index (Phi) is 6.92. The third-order valence-electron chi connectivity index (χ3n) is 3.15. The second kappa shape index (κ2) is 8.95. The lowest BCUT2D eigenvalue weighted by molar-refractivity contribution is 0.0693. The molecule has 1 aromatic carbocycles. The molecular weight excluding hydrogens is 429 g/mol. The molecule has 1 aromatic heterocycles. The number of halogens is 2. The number of hydrogen-bond donors (Lipinski definition) is 3. The first kappa shape index (κ1) is 20.1. The number of aromatic nitrogens is 1. The largest absolute Gasteiger partial charge is 0.477 e. The second-order valence-electron chi connectivity index (χ2n) is 5.75. The van der Waals surface area contributed by atoms with Crippen LogP contribution in [0.4, 0.5) is 14.2 Å². The van der Waals surface area contributed by atoms with E-state index in [4.69, 9.17) is 4.74 Å². The molecule has 2 rings (SSSR count). The highest BCUT2D eigenvalue weighted by molar-refractivity contribution is 9.10. The third kappa shape index (κ3) is 5.40. The van der Waals surface area contributed by atoms with Crippen molar-refractivity contribution >= 4 is 44.5 Å². The van der Waals surface area contributed by atoms with Crippen molar-refractivity contribution in [2.24, 2.45) is 5.92 Å². The summed E-state index contributed by atoms with van der Waals surface area (Å²) < 4.78 is 23.7. The number of urea groups is 1. The molecule has 0 aliphatic carbocycles. The maximum Gasteiger partial charge on any atom is 0.344 e. The average Bonchev–Trinajstić information content (AvgIpc) is 2.95. The Morgan fingerprint density at radius 3 is 2.77 bits per heavy atom. The summed E-state index contributed by atoms with van der Waals surface area (Å²) in [5.74, 6) is -1.72. The quantitative estimate of drug-likeness (QED) is 0.595. The van der Waals surface area contributed by atoms with E-state index in [0.717, 1.165) is 11.5 Å². The Morgan fingerprint density at radius 2 is 2.15 bits per heavy atom. The fourth-order valence-electron chi connectivity index (χ4n) is 1.88. The van der Waals surface area contributed by atoms with E-state index in [1.807, 2.05) is 13.8 Å². The number of carbonyl (C=O) groups excluding carboxylic acids is 1. The summed E-state index contributed by atoms with van der Waals surface area (Å²) in [5, 5.41) is 14.5. The molecule has 0 aliphatic rings. The zero-order valence-electron chi connectivity index (χ0n) is 14.0. The van der Waals surface area contributed by atoms with Gasteiger partial charge in [0, 0.05) is 16.6 Å². The van der Waals surface area contributed by atoms with Crippen molar-refractivity contribution < 1.29 is 23.8 Å². The van der Waals surface area contributed by atoms with Crippen LogP contribution in [0.25, 0.3) is 0 Å². The van der Waals surface area contributed by atoms with Gasteiger partial charge in [0.25, 0.3) is 0 Å². The number of anilines is 1. The first-order valence-electron chi connectivity index (χ1n) is 7.62. The minimum atomic E-state index is -1.30. The Balaban J connectivity index is 2.10. The summed E-state index contributed by atoms with van der Waals surface area (Å²) >= 11 is 3.94. The molecule has 0 unspecified atom stereocenters. The SMILES string of the molecule is CC(C)CNC(=O)Nc1snc(OCc2ccc(Br)cc2F)c1C(=O)O. The number of rotatable bonds is 7. The molecule has 2 aromatic rings. The van der Waals surface area contributed by atoms with Gasteiger partial charge in [0.2, 0.25) is 5.88 Å². The second-order valence-corrected chi connectivity index (χ2v) is 7.44. The standard InChI is InChI=1S/C16H17BrFN3O4S/c1-8(2)6-19-16(24)20-14-12(15(22)23)13(21-26-14)25-7-9-3-4-10(17)5-11(9)18/h3-5,8H,6-7H2,1-2H3,(H,22,23)(H2,19,20,24). The highest BCUT2D eigenvalue weighted by Crippen LogP contribution is 2.31. The van der Waals surface area contributed by atoms with Crippen LogP contribution in [0, 0.1) is 11.7 Å². The number of carbonyl (C=O) groups is 2. The summed E-state index contributed by atoms with van der Waals surface area (Å²) in [6.07, 6.45) is 0. The predicted octanol–water partition coefficient (Wildman–Crippen LogP) is 4.10. The lowest BCUT2D eigenvalue weighted by atomic mass is 10.2. The Bertz CT molecular complexity index is 813. The molecule has 1 heterocycles. The van der Waals surface area contributed by atoms with Gasteiger partial charge in [-0.15, -0.1) is 0 Å². The van der Waals surface area contributed by atoms with E-state index in [-0.39, 0.29) is 34.5 Å². The van der Waals surface area contributed by atoms with Gasteiger partial charge in [-0.1, -0.05) is 35.8 Å². The van der Waals surface area contributed by atoms with Crippen molar-refractivity contribution in [2.75, 3.05) is 11.9 Å². The number of carboxylic acid groups (broad SMARTS) is 1. The van der Waals surface area contributed by atoms with Crippen LogP contribution < -0.4 is 15.4 Å². The highest BCUT2D eigenvalue weighted by atomic mass is 79.9. The van der Waals surface area contributed by atoms with Crippen molar-refractivity contribution in [3.05, 3.63) is 39.6 Å². The number of hydrogen-bond acceptors (Lipinski definition) is 5. The van der Waals surface area contributed by atoms with Gasteiger partial charge in [0.15, 0.2) is 5.56 Å². The molecule has 0 radical (unpaired) electrons. The maximum absolute atomic E-state index is 13.8. The molecule has 0 saturated heterocycles. The molecule has 10 heteroatoms. The van der Waals surface area contributed by atoms with E-state index in [1.165, 1.54) is 12.1 Å². The van der Waals surface area contributed by atoms with E-state index in [2.05, 4.69) is 30.9 Å². The zero-order valence-corrected chi connectivity index (χ0v) is 16.4. The Hall–Kier alpha value is -2.20. The van der Waals surface area contributed by atoms with E-state index in [0.29, 0.717) is 11.0 Å². The molecular formula is C16H17BrFN3O4S. The fraction of sp³-hybridized carbons (Fsp3) is 0.312. The van der Waals surface area contributed by atoms with Gasteiger partial charge >= 0.3 is 12.0 Å². The minimum Gasteiger partial charge on any atom is -0.477 e. The minimum absolute atomic E-state index is 0.0463. The van der Waals surface area contributed by atoms with E-state index >= 15 is 0 Å². The van der Waals surface area contributed by atoms with Crippen LogP contribution in [0.1, 0.15) is 29.8 Å². The van der Waals surface area contributed by atoms with Gasteiger partial charge in [0.1, 0.15) is 17.4 Å². The van der Waals surface area contributed by atoms with E-state index in [9.17, 15) is 19.1 Å². The number of nitrogens with one attached hydrogen (secondary N) is 2. The van der Waals surface area contributed by atoms with E-state index < -0.39 is 17.8 Å². The van der Waals surface area contributed by atoms with Gasteiger partial charge in [-0.2, -0.15) is 4.37 Å². The molecule has 140 valence electrons. The fourth-order valence-corrected chi connectivity index (χ4v) is 2.93. The molecule has 26 heavy (non-hydrogen) atoms. The molecule has 7 nitrogen and oxygen atoms in total. The van der Waals surface area contributed by atoms with Crippen LogP contribution in [0.5, 0.6) is 5.88 Å². The number of ether oxygens (including phenoxy) is 1. The van der Waals surface area contributed by atoms with Crippen LogP contribution in [0.3, 0.4) is 0 Å². The smallest absolute Gasteiger partial charge is 0.344 e. The number of nitrogens with zero attached hydrogens (tertiary/aromatic N) is 1. The summed E-state index contributed by atoms with van der Waals surface area (Å²) in [6.45, 7) is 4.12. The van der Waals surface area contributed by atoms with Crippen LogP contribution in [-0.2, 0) is 6.61 Å². The molecule has 0 bridgehead atoms. The summed E-state index contributed by atoms with van der Waals surface area (Å²) in [5.41, 5.74) is -0.0195. The monoisotopic (exact) mass is 445 g/mol. The third-order valence-corrected chi connectivity index (χ3v) is 4.39. The van der Waals surface area contributed by atoms with Gasteiger partial charge < -0.3 is 15.2 Å². The highest BCUT2D eigenvalue weighted by Gasteiger charge is 2.23. The van der Waals surface area contributed by atoms with Crippen LogP contribution in [0.2, 0.25) is 0 Å². The molecule has 2 amide bonds. The molecule has 0 aliphatic heterocycles. The zero-order chi connectivity index (χ0) is 19.3. The Morgan fingerprint density at radius 1 is 1.42 bits per heavy atom. The summed E-state index contributed by atoms with van der Waals surface area (Å²) in [7, 11) is 0. The number of benzene rings is 1. The molecule has 0 atom stereocenters. The van der Waals surface area contributed by atoms with Crippen molar-refractivity contribution in [3.8, 4) is 5.88 Å². The van der Waals surface area contributed by atoms with Crippen molar-refractivity contribution in [1.82, 2.24) is 9.69 Å². The lowest BCUT2D eigenvalue weighted by Crippen LogP contribution is -2.31. The predicted molar refractivity (Wildman–Crippen MR) is 99.4 cm³/mol. The van der Waals surface area contributed by atoms with Crippen molar-refractivity contribution in [3.63, 3.8) is 0 Å². The van der Waals surface area contributed by atoms with Gasteiger partial charge in [0.05, 0.1) is 0 Å². The first-order chi connectivity index (χ1) is 12.3. The maximum atomic E-state index is 13.8. The number of aromatic carboxylic acids is 1. The van der Waals surface area contributed by atoms with Crippen molar-refractivity contribution in [2.45, 2.75) is 20.5 Å². The summed E-state index contributed by atoms with van der Waals surface area (Å²) in [4.78, 5) is 23.3.